The van der Waals surface area contributed by atoms with Gasteiger partial charge in [-0.15, -0.1) is 0 Å². The summed E-state index contributed by atoms with van der Waals surface area (Å²) in [5, 5.41) is 0.169. The van der Waals surface area contributed by atoms with E-state index in [0.29, 0.717) is 28.5 Å². The SMILES string of the molecule is COc1cc(OC)c(CNS(=O)(=O)c2ccc(N)c(Cl)c2)c(OC)c1. The Morgan fingerprint density at radius 3 is 2.12 bits per heavy atom. The van der Waals surface area contributed by atoms with Crippen molar-refractivity contribution in [2.45, 2.75) is 11.4 Å². The highest BCUT2D eigenvalue weighted by atomic mass is 35.5. The van der Waals surface area contributed by atoms with Crippen molar-refractivity contribution >= 4 is 27.3 Å². The molecule has 0 bridgehead atoms. The Kier molecular flexibility index (Phi) is 5.99. The first kappa shape index (κ1) is 19.2. The van der Waals surface area contributed by atoms with Gasteiger partial charge in [-0.3, -0.25) is 0 Å². The van der Waals surface area contributed by atoms with Crippen molar-refractivity contribution in [3.05, 3.63) is 40.9 Å². The van der Waals surface area contributed by atoms with E-state index in [1.165, 1.54) is 39.5 Å². The van der Waals surface area contributed by atoms with Gasteiger partial charge in [-0.25, -0.2) is 13.1 Å². The van der Waals surface area contributed by atoms with E-state index in [4.69, 9.17) is 31.5 Å². The third-order valence-corrected chi connectivity index (χ3v) is 5.26. The molecule has 2 rings (SSSR count). The normalized spacial score (nSPS) is 11.2. The van der Waals surface area contributed by atoms with E-state index in [1.54, 1.807) is 12.1 Å². The average Bonchev–Trinajstić information content (AvgIpc) is 2.61. The Morgan fingerprint density at radius 1 is 1.04 bits per heavy atom. The van der Waals surface area contributed by atoms with Crippen LogP contribution in [0.1, 0.15) is 5.56 Å². The lowest BCUT2D eigenvalue weighted by molar-refractivity contribution is 0.368. The van der Waals surface area contributed by atoms with E-state index < -0.39 is 10.0 Å². The van der Waals surface area contributed by atoms with Gasteiger partial charge in [-0.05, 0) is 18.2 Å². The molecule has 2 aromatic carbocycles. The van der Waals surface area contributed by atoms with Crippen LogP contribution in [0, 0.1) is 0 Å². The molecule has 9 heteroatoms. The molecule has 25 heavy (non-hydrogen) atoms. The fourth-order valence-corrected chi connectivity index (χ4v) is 3.44. The minimum atomic E-state index is -3.80. The summed E-state index contributed by atoms with van der Waals surface area (Å²) in [7, 11) is 0.676. The number of benzene rings is 2. The molecule has 0 aliphatic heterocycles. The molecule has 136 valence electrons. The molecule has 0 radical (unpaired) electrons. The van der Waals surface area contributed by atoms with Gasteiger partial charge in [0.1, 0.15) is 17.2 Å². The van der Waals surface area contributed by atoms with Gasteiger partial charge in [0, 0.05) is 18.7 Å². The number of nitrogen functional groups attached to an aromatic ring is 1. The lowest BCUT2D eigenvalue weighted by atomic mass is 10.1. The number of rotatable bonds is 7. The maximum Gasteiger partial charge on any atom is 0.240 e. The largest absolute Gasteiger partial charge is 0.496 e. The van der Waals surface area contributed by atoms with E-state index in [-0.39, 0.29) is 16.5 Å². The first-order valence-electron chi connectivity index (χ1n) is 7.16. The van der Waals surface area contributed by atoms with Crippen LogP contribution in [0.15, 0.2) is 35.2 Å². The zero-order valence-electron chi connectivity index (χ0n) is 14.0. The molecule has 0 saturated carbocycles. The Bertz CT molecular complexity index is 846. The Hall–Kier alpha value is -2.16. The summed E-state index contributed by atoms with van der Waals surface area (Å²) >= 11 is 5.89. The second kappa shape index (κ2) is 7.81. The van der Waals surface area contributed by atoms with Crippen molar-refractivity contribution in [3.8, 4) is 17.2 Å². The zero-order valence-corrected chi connectivity index (χ0v) is 15.6. The third kappa shape index (κ3) is 4.28. The van der Waals surface area contributed by atoms with Crippen LogP contribution in [0.5, 0.6) is 17.2 Å². The van der Waals surface area contributed by atoms with Crippen LogP contribution in [0.4, 0.5) is 5.69 Å². The van der Waals surface area contributed by atoms with E-state index in [0.717, 1.165) is 0 Å². The van der Waals surface area contributed by atoms with Crippen molar-refractivity contribution in [1.29, 1.82) is 0 Å². The maximum absolute atomic E-state index is 12.5. The number of ether oxygens (including phenoxy) is 3. The van der Waals surface area contributed by atoms with Crippen LogP contribution in [0.25, 0.3) is 0 Å². The van der Waals surface area contributed by atoms with Gasteiger partial charge in [-0.2, -0.15) is 0 Å². The van der Waals surface area contributed by atoms with Gasteiger partial charge in [0.05, 0.1) is 42.5 Å². The Balaban J connectivity index is 2.32. The predicted molar refractivity (Wildman–Crippen MR) is 96.0 cm³/mol. The van der Waals surface area contributed by atoms with Crippen LogP contribution in [-0.4, -0.2) is 29.7 Å². The summed E-state index contributed by atoms with van der Waals surface area (Å²) in [5.41, 5.74) is 6.45. The molecule has 0 unspecified atom stereocenters. The fraction of sp³-hybridized carbons (Fsp3) is 0.250. The van der Waals surface area contributed by atoms with Gasteiger partial charge in [0.15, 0.2) is 0 Å². The third-order valence-electron chi connectivity index (χ3n) is 3.54. The molecule has 0 atom stereocenters. The lowest BCUT2D eigenvalue weighted by Crippen LogP contribution is -2.24. The second-order valence-corrected chi connectivity index (χ2v) is 7.19. The summed E-state index contributed by atoms with van der Waals surface area (Å²) < 4.78 is 43.2. The van der Waals surface area contributed by atoms with E-state index in [9.17, 15) is 8.42 Å². The monoisotopic (exact) mass is 386 g/mol. The van der Waals surface area contributed by atoms with Gasteiger partial charge < -0.3 is 19.9 Å². The maximum atomic E-state index is 12.5. The standard InChI is InChI=1S/C16H19ClN2O5S/c1-22-10-6-15(23-2)12(16(7-10)24-3)9-19-25(20,21)11-4-5-14(18)13(17)8-11/h4-8,19H,9,18H2,1-3H3. The van der Waals surface area contributed by atoms with E-state index in [2.05, 4.69) is 4.72 Å². The first-order chi connectivity index (χ1) is 11.8. The second-order valence-electron chi connectivity index (χ2n) is 5.02. The van der Waals surface area contributed by atoms with Crippen molar-refractivity contribution in [1.82, 2.24) is 4.72 Å². The zero-order chi connectivity index (χ0) is 18.6. The van der Waals surface area contributed by atoms with Crippen molar-refractivity contribution in [3.63, 3.8) is 0 Å². The van der Waals surface area contributed by atoms with E-state index >= 15 is 0 Å². The summed E-state index contributed by atoms with van der Waals surface area (Å²) in [4.78, 5) is 0.0122. The average molecular weight is 387 g/mol. The molecular formula is C16H19ClN2O5S. The number of methoxy groups -OCH3 is 3. The number of anilines is 1. The van der Waals surface area contributed by atoms with Gasteiger partial charge in [-0.1, -0.05) is 11.6 Å². The van der Waals surface area contributed by atoms with Crippen LogP contribution in [0.3, 0.4) is 0 Å². The smallest absolute Gasteiger partial charge is 0.240 e. The van der Waals surface area contributed by atoms with E-state index in [1.807, 2.05) is 0 Å². The molecule has 0 aliphatic rings. The minimum absolute atomic E-state index is 0.0122. The van der Waals surface area contributed by atoms with Crippen LogP contribution in [-0.2, 0) is 16.6 Å². The van der Waals surface area contributed by atoms with Crippen molar-refractivity contribution in [2.24, 2.45) is 0 Å². The number of nitrogens with one attached hydrogen (secondary N) is 1. The highest BCUT2D eigenvalue weighted by Gasteiger charge is 2.19. The summed E-state index contributed by atoms with van der Waals surface area (Å²) in [6, 6.07) is 7.40. The quantitative estimate of drug-likeness (QED) is 0.709. The van der Waals surface area contributed by atoms with Crippen LogP contribution < -0.4 is 24.7 Å². The molecule has 0 amide bonds. The molecular weight excluding hydrogens is 368 g/mol. The highest BCUT2D eigenvalue weighted by molar-refractivity contribution is 7.89. The number of halogens is 1. The summed E-state index contributed by atoms with van der Waals surface area (Å²) in [6.45, 7) is -0.0410. The van der Waals surface area contributed by atoms with Gasteiger partial charge >= 0.3 is 0 Å². The molecule has 2 aromatic rings. The number of hydrogen-bond donors (Lipinski definition) is 2. The highest BCUT2D eigenvalue weighted by Crippen LogP contribution is 2.34. The molecule has 3 N–H and O–H groups in total. The number of sulfonamides is 1. The summed E-state index contributed by atoms with van der Waals surface area (Å²) in [6.07, 6.45) is 0. The van der Waals surface area contributed by atoms with Crippen molar-refractivity contribution in [2.75, 3.05) is 27.1 Å². The van der Waals surface area contributed by atoms with Crippen molar-refractivity contribution < 1.29 is 22.6 Å². The molecule has 0 spiro atoms. The predicted octanol–water partition coefficient (Wildman–Crippen LogP) is 2.43. The number of hydrogen-bond acceptors (Lipinski definition) is 6. The molecule has 7 nitrogen and oxygen atoms in total. The lowest BCUT2D eigenvalue weighted by Gasteiger charge is -2.16. The van der Waals surface area contributed by atoms with Gasteiger partial charge in [0.25, 0.3) is 0 Å². The molecule has 0 aliphatic carbocycles. The van der Waals surface area contributed by atoms with Crippen LogP contribution in [0.2, 0.25) is 5.02 Å². The first-order valence-corrected chi connectivity index (χ1v) is 9.02. The fourth-order valence-electron chi connectivity index (χ4n) is 2.18. The Labute approximate surface area is 151 Å². The molecule has 0 aromatic heterocycles. The Morgan fingerprint density at radius 2 is 1.64 bits per heavy atom. The number of nitrogens with two attached hydrogens (primary N) is 1. The summed E-state index contributed by atoms with van der Waals surface area (Å²) in [5.74, 6) is 1.41. The molecule has 0 heterocycles. The molecule has 0 saturated heterocycles. The topological polar surface area (TPSA) is 99.9 Å². The van der Waals surface area contributed by atoms with Crippen LogP contribution >= 0.6 is 11.6 Å². The van der Waals surface area contributed by atoms with Gasteiger partial charge in [0.2, 0.25) is 10.0 Å². The molecule has 0 fully saturated rings. The minimum Gasteiger partial charge on any atom is -0.496 e.